The predicted molar refractivity (Wildman–Crippen MR) is 70.3 cm³/mol. The van der Waals surface area contributed by atoms with Crippen LogP contribution < -0.4 is 0 Å². The molecule has 20 heavy (non-hydrogen) atoms. The van der Waals surface area contributed by atoms with Gasteiger partial charge in [-0.3, -0.25) is 14.8 Å². The van der Waals surface area contributed by atoms with Crippen molar-refractivity contribution in [3.8, 4) is 0 Å². The van der Waals surface area contributed by atoms with Crippen LogP contribution in [0.1, 0.15) is 33.2 Å². The van der Waals surface area contributed by atoms with E-state index < -0.39 is 10.5 Å². The number of ether oxygens (including phenoxy) is 1. The third-order valence-electron chi connectivity index (χ3n) is 2.99. The molecule has 110 valence electrons. The average Bonchev–Trinajstić information content (AvgIpc) is 2.95. The zero-order valence-corrected chi connectivity index (χ0v) is 11.8. The molecule has 0 aliphatic carbocycles. The van der Waals surface area contributed by atoms with E-state index in [4.69, 9.17) is 4.74 Å². The Labute approximate surface area is 116 Å². The minimum Gasteiger partial charge on any atom is -0.444 e. The van der Waals surface area contributed by atoms with Gasteiger partial charge >= 0.3 is 11.8 Å². The largest absolute Gasteiger partial charge is 0.444 e. The Balaban J connectivity index is 1.98. The Kier molecular flexibility index (Phi) is 3.65. The first-order valence-electron chi connectivity index (χ1n) is 6.43. The Morgan fingerprint density at radius 1 is 1.55 bits per heavy atom. The Bertz CT molecular complexity index is 520. The second-order valence-corrected chi connectivity index (χ2v) is 5.80. The van der Waals surface area contributed by atoms with Crippen molar-refractivity contribution in [3.63, 3.8) is 0 Å². The van der Waals surface area contributed by atoms with E-state index in [0.29, 0.717) is 19.5 Å². The van der Waals surface area contributed by atoms with E-state index in [1.54, 1.807) is 9.58 Å². The van der Waals surface area contributed by atoms with Crippen LogP contribution in [0.25, 0.3) is 0 Å². The fraction of sp³-hybridized carbons (Fsp3) is 0.667. The van der Waals surface area contributed by atoms with E-state index in [1.807, 2.05) is 20.8 Å². The monoisotopic (exact) mass is 282 g/mol. The number of nitro groups is 1. The van der Waals surface area contributed by atoms with Crippen molar-refractivity contribution in [2.45, 2.75) is 38.8 Å². The molecule has 1 aliphatic heterocycles. The standard InChI is InChI=1S/C12H18N4O4/c1-12(2,3)20-11(17)14-5-4-9(7-14)15-8-10(6-13-15)16(18)19/h6,8-9H,4-5,7H2,1-3H3/t9-/m0/s1. The van der Waals surface area contributed by atoms with Gasteiger partial charge in [-0.2, -0.15) is 5.10 Å². The summed E-state index contributed by atoms with van der Waals surface area (Å²) in [7, 11) is 0. The summed E-state index contributed by atoms with van der Waals surface area (Å²) in [6.07, 6.45) is 2.96. The normalized spacial score (nSPS) is 19.1. The van der Waals surface area contributed by atoms with Gasteiger partial charge in [-0.15, -0.1) is 0 Å². The van der Waals surface area contributed by atoms with Crippen molar-refractivity contribution >= 4 is 11.8 Å². The second-order valence-electron chi connectivity index (χ2n) is 5.80. The van der Waals surface area contributed by atoms with Crippen LogP contribution in [0.5, 0.6) is 0 Å². The third kappa shape index (κ3) is 3.25. The molecular formula is C12H18N4O4. The lowest BCUT2D eigenvalue weighted by molar-refractivity contribution is -0.385. The maximum atomic E-state index is 11.9. The average molecular weight is 282 g/mol. The van der Waals surface area contributed by atoms with Crippen molar-refractivity contribution in [3.05, 3.63) is 22.5 Å². The van der Waals surface area contributed by atoms with Crippen LogP contribution in [0.4, 0.5) is 10.5 Å². The van der Waals surface area contributed by atoms with E-state index in [9.17, 15) is 14.9 Å². The number of hydrogen-bond donors (Lipinski definition) is 0. The van der Waals surface area contributed by atoms with Crippen LogP contribution >= 0.6 is 0 Å². The minimum absolute atomic E-state index is 0.0410. The Morgan fingerprint density at radius 3 is 2.80 bits per heavy atom. The molecule has 1 aromatic heterocycles. The topological polar surface area (TPSA) is 90.5 Å². The smallest absolute Gasteiger partial charge is 0.410 e. The van der Waals surface area contributed by atoms with E-state index >= 15 is 0 Å². The van der Waals surface area contributed by atoms with Crippen LogP contribution in [0.3, 0.4) is 0 Å². The van der Waals surface area contributed by atoms with Crippen molar-refractivity contribution < 1.29 is 14.5 Å². The molecule has 8 nitrogen and oxygen atoms in total. The highest BCUT2D eigenvalue weighted by atomic mass is 16.6. The molecule has 8 heteroatoms. The van der Waals surface area contributed by atoms with Crippen molar-refractivity contribution in [2.75, 3.05) is 13.1 Å². The first kappa shape index (κ1) is 14.3. The van der Waals surface area contributed by atoms with Crippen LogP contribution in [-0.4, -0.2) is 44.4 Å². The summed E-state index contributed by atoms with van der Waals surface area (Å²) >= 11 is 0. The summed E-state index contributed by atoms with van der Waals surface area (Å²) < 4.78 is 6.84. The molecule has 2 rings (SSSR count). The summed E-state index contributed by atoms with van der Waals surface area (Å²) in [5, 5.41) is 14.6. The number of likely N-dealkylation sites (tertiary alicyclic amines) is 1. The summed E-state index contributed by atoms with van der Waals surface area (Å²) in [6, 6.07) is -0.0452. The van der Waals surface area contributed by atoms with Gasteiger partial charge in [-0.1, -0.05) is 0 Å². The predicted octanol–water partition coefficient (Wildman–Crippen LogP) is 1.97. The maximum absolute atomic E-state index is 11.9. The number of hydrogen-bond acceptors (Lipinski definition) is 5. The van der Waals surface area contributed by atoms with Gasteiger partial charge in [0.1, 0.15) is 18.0 Å². The fourth-order valence-electron chi connectivity index (χ4n) is 2.07. The Hall–Kier alpha value is -2.12. The number of amides is 1. The van der Waals surface area contributed by atoms with E-state index in [2.05, 4.69) is 5.10 Å². The van der Waals surface area contributed by atoms with Crippen LogP contribution in [0.2, 0.25) is 0 Å². The van der Waals surface area contributed by atoms with Gasteiger partial charge in [0, 0.05) is 13.1 Å². The molecule has 1 aliphatic rings. The lowest BCUT2D eigenvalue weighted by Gasteiger charge is -2.24. The van der Waals surface area contributed by atoms with Crippen molar-refractivity contribution in [2.24, 2.45) is 0 Å². The molecule has 1 saturated heterocycles. The molecule has 1 aromatic rings. The molecule has 1 amide bonds. The molecular weight excluding hydrogens is 264 g/mol. The lowest BCUT2D eigenvalue weighted by atomic mass is 10.2. The SMILES string of the molecule is CC(C)(C)OC(=O)N1CC[C@H](n2cc([N+](=O)[O-])cn2)C1. The summed E-state index contributed by atoms with van der Waals surface area (Å²) in [4.78, 5) is 23.7. The zero-order chi connectivity index (χ0) is 14.9. The molecule has 0 radical (unpaired) electrons. The van der Waals surface area contributed by atoms with Gasteiger partial charge < -0.3 is 9.64 Å². The van der Waals surface area contributed by atoms with Gasteiger partial charge in [-0.25, -0.2) is 4.79 Å². The van der Waals surface area contributed by atoms with Gasteiger partial charge in [0.05, 0.1) is 11.0 Å². The van der Waals surface area contributed by atoms with Crippen molar-refractivity contribution in [1.29, 1.82) is 0 Å². The zero-order valence-electron chi connectivity index (χ0n) is 11.8. The molecule has 0 N–H and O–H groups in total. The maximum Gasteiger partial charge on any atom is 0.410 e. The third-order valence-corrected chi connectivity index (χ3v) is 2.99. The highest BCUT2D eigenvalue weighted by Gasteiger charge is 2.31. The number of carbonyl (C=O) groups is 1. The highest BCUT2D eigenvalue weighted by Crippen LogP contribution is 2.24. The molecule has 0 aromatic carbocycles. The van der Waals surface area contributed by atoms with E-state index in [-0.39, 0.29) is 17.8 Å². The summed E-state index contributed by atoms with van der Waals surface area (Å²) in [5.74, 6) is 0. The fourth-order valence-corrected chi connectivity index (χ4v) is 2.07. The summed E-state index contributed by atoms with van der Waals surface area (Å²) in [6.45, 7) is 6.46. The van der Waals surface area contributed by atoms with Gasteiger partial charge in [0.15, 0.2) is 0 Å². The molecule has 1 fully saturated rings. The van der Waals surface area contributed by atoms with Gasteiger partial charge in [0.25, 0.3) is 0 Å². The molecule has 2 heterocycles. The highest BCUT2D eigenvalue weighted by molar-refractivity contribution is 5.68. The number of aromatic nitrogens is 2. The number of nitrogens with zero attached hydrogens (tertiary/aromatic N) is 4. The van der Waals surface area contributed by atoms with Crippen LogP contribution in [-0.2, 0) is 4.74 Å². The molecule has 1 atom stereocenters. The van der Waals surface area contributed by atoms with E-state index in [0.717, 1.165) is 0 Å². The molecule has 0 unspecified atom stereocenters. The first-order valence-corrected chi connectivity index (χ1v) is 6.43. The molecule has 0 bridgehead atoms. The minimum atomic E-state index is -0.528. The molecule has 0 spiro atoms. The number of rotatable bonds is 2. The van der Waals surface area contributed by atoms with E-state index in [1.165, 1.54) is 12.4 Å². The van der Waals surface area contributed by atoms with Crippen molar-refractivity contribution in [1.82, 2.24) is 14.7 Å². The van der Waals surface area contributed by atoms with Gasteiger partial charge in [0.2, 0.25) is 0 Å². The van der Waals surface area contributed by atoms with Crippen LogP contribution in [0.15, 0.2) is 12.4 Å². The van der Waals surface area contributed by atoms with Crippen LogP contribution in [0, 0.1) is 10.1 Å². The quantitative estimate of drug-likeness (QED) is 0.611. The number of carbonyl (C=O) groups excluding carboxylic acids is 1. The molecule has 0 saturated carbocycles. The lowest BCUT2D eigenvalue weighted by Crippen LogP contribution is -2.35. The van der Waals surface area contributed by atoms with Gasteiger partial charge in [-0.05, 0) is 27.2 Å². The Morgan fingerprint density at radius 2 is 2.25 bits per heavy atom. The summed E-state index contributed by atoms with van der Waals surface area (Å²) in [5.41, 5.74) is -0.569. The second kappa shape index (κ2) is 5.10. The first-order chi connectivity index (χ1) is 9.26.